The quantitative estimate of drug-likeness (QED) is 0.133. The Balaban J connectivity index is 0.000000165. The summed E-state index contributed by atoms with van der Waals surface area (Å²) >= 11 is 0. The molecule has 0 aliphatic rings. The van der Waals surface area contributed by atoms with Gasteiger partial charge in [-0.3, -0.25) is 0 Å². The van der Waals surface area contributed by atoms with Gasteiger partial charge < -0.3 is 19.8 Å². The molecule has 58 heavy (non-hydrogen) atoms. The van der Waals surface area contributed by atoms with E-state index < -0.39 is 26.5 Å². The lowest BCUT2D eigenvalue weighted by Crippen LogP contribution is -2.38. The van der Waals surface area contributed by atoms with E-state index in [0.29, 0.717) is 12.2 Å². The van der Waals surface area contributed by atoms with Crippen LogP contribution in [0.2, 0.25) is 0 Å². The molecule has 0 unspecified atom stereocenters. The number of hydrogen-bond donors (Lipinski definition) is 0. The van der Waals surface area contributed by atoms with Crippen molar-refractivity contribution in [3.8, 4) is 0 Å². The number of carboxylic acid groups (broad SMARTS) is 2. The Morgan fingerprint density at radius 1 is 0.259 bits per heavy atom. The number of benzene rings is 8. The highest BCUT2D eigenvalue weighted by Crippen LogP contribution is 2.55. The third kappa shape index (κ3) is 9.45. The summed E-state index contributed by atoms with van der Waals surface area (Å²) in [5.74, 6) is -3.09. The number of hydrogen-bond acceptors (Lipinski definition) is 4. The summed E-state index contributed by atoms with van der Waals surface area (Å²) in [6.45, 7) is 0. The van der Waals surface area contributed by atoms with Gasteiger partial charge in [-0.25, -0.2) is 0 Å². The summed E-state index contributed by atoms with van der Waals surface area (Å²) in [5, 5.41) is 29.9. The Bertz CT molecular complexity index is 1960. The molecule has 0 radical (unpaired) electrons. The molecular formula is C52H42O4P2. The molecule has 8 aromatic carbocycles. The van der Waals surface area contributed by atoms with Crippen molar-refractivity contribution in [1.82, 2.24) is 0 Å². The molecule has 0 atom stereocenters. The van der Waals surface area contributed by atoms with Crippen molar-refractivity contribution >= 4 is 68.9 Å². The molecule has 4 nitrogen and oxygen atoms in total. The van der Waals surface area contributed by atoms with E-state index in [1.807, 2.05) is 0 Å². The smallest absolute Gasteiger partial charge is 0.144 e. The third-order valence-corrected chi connectivity index (χ3v) is 18.1. The summed E-state index contributed by atoms with van der Waals surface area (Å²) < 4.78 is 0. The van der Waals surface area contributed by atoms with Crippen LogP contribution < -0.4 is 52.6 Å². The molecule has 8 aromatic rings. The fourth-order valence-electron chi connectivity index (χ4n) is 7.14. The molecule has 0 aromatic heterocycles. The van der Waals surface area contributed by atoms with Crippen LogP contribution >= 0.6 is 14.5 Å². The molecule has 0 aliphatic carbocycles. The standard InChI is InChI=1S/2C24H20P.C4H4O4/c2*1-5-13-21(14-6-1)25(22-15-7-2-8-16-22,23-17-9-3-10-18-23)24-19-11-4-12-20-24;5-3(6)1-2-4(7)8/h2*1-20H;1-2H,(H,5,6)(H,7,8)/q2*+1;/p-2/b;;2-1-. The normalized spacial score (nSPS) is 11.0. The van der Waals surface area contributed by atoms with Gasteiger partial charge in [0.1, 0.15) is 57.0 Å². The second-order valence-electron chi connectivity index (χ2n) is 13.0. The first-order valence-corrected chi connectivity index (χ1v) is 22.4. The number of aliphatic carboxylic acids is 2. The predicted molar refractivity (Wildman–Crippen MR) is 242 cm³/mol. The van der Waals surface area contributed by atoms with Crippen LogP contribution in [-0.2, 0) is 9.59 Å². The summed E-state index contributed by atoms with van der Waals surface area (Å²) in [7, 11) is -3.81. The molecule has 284 valence electrons. The van der Waals surface area contributed by atoms with Crippen LogP contribution in [0.5, 0.6) is 0 Å². The zero-order valence-electron chi connectivity index (χ0n) is 31.8. The lowest BCUT2D eigenvalue weighted by molar-refractivity contribution is -0.301. The molecule has 0 saturated carbocycles. The molecule has 0 spiro atoms. The molecule has 0 fully saturated rings. The summed E-state index contributed by atoms with van der Waals surface area (Å²) in [6.07, 6.45) is 0.769. The number of carbonyl (C=O) groups excluding carboxylic acids is 2. The van der Waals surface area contributed by atoms with E-state index in [1.165, 1.54) is 42.4 Å². The maximum Gasteiger partial charge on any atom is 0.144 e. The van der Waals surface area contributed by atoms with E-state index in [1.54, 1.807) is 0 Å². The Labute approximate surface area is 342 Å². The van der Waals surface area contributed by atoms with Crippen molar-refractivity contribution in [2.45, 2.75) is 0 Å². The Kier molecular flexibility index (Phi) is 14.4. The first-order valence-electron chi connectivity index (χ1n) is 18.8. The van der Waals surface area contributed by atoms with Crippen LogP contribution in [0.4, 0.5) is 0 Å². The van der Waals surface area contributed by atoms with E-state index in [2.05, 4.69) is 243 Å². The van der Waals surface area contributed by atoms with Gasteiger partial charge in [0.15, 0.2) is 0 Å². The first-order chi connectivity index (χ1) is 28.5. The van der Waals surface area contributed by atoms with E-state index in [9.17, 15) is 19.8 Å². The largest absolute Gasteiger partial charge is 0.545 e. The fourth-order valence-corrected chi connectivity index (χ4v) is 15.7. The lowest BCUT2D eigenvalue weighted by Gasteiger charge is -2.27. The number of carboxylic acids is 2. The minimum absolute atomic E-state index is 0.384. The summed E-state index contributed by atoms with van der Waals surface area (Å²) in [5.41, 5.74) is 0. The highest BCUT2D eigenvalue weighted by Gasteiger charge is 2.48. The maximum absolute atomic E-state index is 9.41. The van der Waals surface area contributed by atoms with Gasteiger partial charge in [-0.1, -0.05) is 146 Å². The van der Waals surface area contributed by atoms with E-state index in [4.69, 9.17) is 0 Å². The first kappa shape index (κ1) is 40.9. The van der Waals surface area contributed by atoms with Gasteiger partial charge in [0.05, 0.1) is 11.9 Å². The predicted octanol–water partition coefficient (Wildman–Crippen LogP) is 5.65. The van der Waals surface area contributed by atoms with Crippen LogP contribution in [-0.4, -0.2) is 11.9 Å². The maximum atomic E-state index is 9.41. The second-order valence-corrected chi connectivity index (χ2v) is 19.8. The van der Waals surface area contributed by atoms with Gasteiger partial charge in [-0.2, -0.15) is 0 Å². The van der Waals surface area contributed by atoms with Crippen LogP contribution in [0.1, 0.15) is 0 Å². The zero-order valence-corrected chi connectivity index (χ0v) is 33.6. The molecule has 8 rings (SSSR count). The molecule has 0 N–H and O–H groups in total. The highest BCUT2D eigenvalue weighted by atomic mass is 31.2. The van der Waals surface area contributed by atoms with Gasteiger partial charge in [-0.15, -0.1) is 0 Å². The van der Waals surface area contributed by atoms with Crippen molar-refractivity contribution in [3.05, 3.63) is 255 Å². The number of rotatable bonds is 10. The molecular weight excluding hydrogens is 751 g/mol. The Morgan fingerprint density at radius 2 is 0.379 bits per heavy atom. The fraction of sp³-hybridized carbons (Fsp3) is 0. The van der Waals surface area contributed by atoms with Gasteiger partial charge in [-0.05, 0) is 109 Å². The lowest BCUT2D eigenvalue weighted by atomic mass is 10.3. The average molecular weight is 793 g/mol. The van der Waals surface area contributed by atoms with E-state index in [-0.39, 0.29) is 0 Å². The molecule has 0 aliphatic heterocycles. The molecule has 6 heteroatoms. The van der Waals surface area contributed by atoms with Crippen molar-refractivity contribution in [1.29, 1.82) is 0 Å². The van der Waals surface area contributed by atoms with E-state index >= 15 is 0 Å². The third-order valence-electron chi connectivity index (χ3n) is 9.50. The van der Waals surface area contributed by atoms with Gasteiger partial charge in [0.25, 0.3) is 0 Å². The van der Waals surface area contributed by atoms with Gasteiger partial charge in [0, 0.05) is 0 Å². The van der Waals surface area contributed by atoms with Crippen LogP contribution in [0.25, 0.3) is 0 Å². The van der Waals surface area contributed by atoms with Gasteiger partial charge >= 0.3 is 0 Å². The van der Waals surface area contributed by atoms with Crippen LogP contribution in [0, 0.1) is 0 Å². The summed E-state index contributed by atoms with van der Waals surface area (Å²) in [4.78, 5) is 18.8. The second kappa shape index (κ2) is 20.5. The topological polar surface area (TPSA) is 80.3 Å². The Morgan fingerprint density at radius 3 is 0.483 bits per heavy atom. The SMILES string of the molecule is O=C([O-])/C=C\C(=O)[O-].c1ccc([P+](c2ccccc2)(c2ccccc2)c2ccccc2)cc1.c1ccc([P+](c2ccccc2)(c2ccccc2)c2ccccc2)cc1. The molecule has 0 bridgehead atoms. The molecule has 0 amide bonds. The minimum atomic E-state index is -1.91. The monoisotopic (exact) mass is 792 g/mol. The van der Waals surface area contributed by atoms with Crippen molar-refractivity contribution in [2.75, 3.05) is 0 Å². The molecule has 0 saturated heterocycles. The van der Waals surface area contributed by atoms with Gasteiger partial charge in [0.2, 0.25) is 0 Å². The highest BCUT2D eigenvalue weighted by molar-refractivity contribution is 8.02. The van der Waals surface area contributed by atoms with Crippen molar-refractivity contribution in [3.63, 3.8) is 0 Å². The number of carbonyl (C=O) groups is 2. The minimum Gasteiger partial charge on any atom is -0.545 e. The Hall–Kier alpha value is -6.70. The van der Waals surface area contributed by atoms with Crippen LogP contribution in [0.3, 0.4) is 0 Å². The zero-order chi connectivity index (χ0) is 40.5. The summed E-state index contributed by atoms with van der Waals surface area (Å²) in [6, 6.07) is 87.7. The van der Waals surface area contributed by atoms with Crippen LogP contribution in [0.15, 0.2) is 255 Å². The van der Waals surface area contributed by atoms with Crippen molar-refractivity contribution in [2.24, 2.45) is 0 Å². The average Bonchev–Trinajstić information content (AvgIpc) is 3.30. The van der Waals surface area contributed by atoms with Crippen molar-refractivity contribution < 1.29 is 19.8 Å². The molecule has 0 heterocycles. The van der Waals surface area contributed by atoms with E-state index in [0.717, 1.165) is 0 Å².